The predicted molar refractivity (Wildman–Crippen MR) is 108 cm³/mol. The second-order valence-electron chi connectivity index (χ2n) is 8.86. The number of phenolic OH excluding ortho intramolecular Hbond substituents is 1. The lowest BCUT2D eigenvalue weighted by molar-refractivity contribution is -0.0329. The van der Waals surface area contributed by atoms with Crippen LogP contribution in [0.25, 0.3) is 17.1 Å². The molecule has 2 aliphatic rings. The molecule has 0 unspecified atom stereocenters. The molecular formula is C22H21F2N5O2. The van der Waals surface area contributed by atoms with Crippen LogP contribution in [0.5, 0.6) is 11.6 Å². The van der Waals surface area contributed by atoms with Crippen molar-refractivity contribution in [3.8, 4) is 28.7 Å². The first kappa shape index (κ1) is 19.6. The molecule has 2 bridgehead atoms. The van der Waals surface area contributed by atoms with E-state index in [2.05, 4.69) is 33.3 Å². The molecule has 2 aromatic heterocycles. The van der Waals surface area contributed by atoms with Gasteiger partial charge in [0.05, 0.1) is 29.8 Å². The van der Waals surface area contributed by atoms with Gasteiger partial charge in [0.2, 0.25) is 0 Å². The average Bonchev–Trinajstić information content (AvgIpc) is 3.29. The summed E-state index contributed by atoms with van der Waals surface area (Å²) in [5, 5.41) is 22.3. The number of halogens is 2. The Balaban J connectivity index is 1.34. The highest BCUT2D eigenvalue weighted by molar-refractivity contribution is 5.65. The monoisotopic (exact) mass is 425 g/mol. The Hall–Kier alpha value is -3.36. The third-order valence-electron chi connectivity index (χ3n) is 6.13. The Labute approximate surface area is 177 Å². The number of nitrogens with zero attached hydrogens (tertiary/aromatic N) is 5. The van der Waals surface area contributed by atoms with E-state index < -0.39 is 23.5 Å². The summed E-state index contributed by atoms with van der Waals surface area (Å²) in [5.74, 6) is -0.271. The fourth-order valence-electron chi connectivity index (χ4n) is 4.69. The molecule has 5 rings (SSSR count). The van der Waals surface area contributed by atoms with E-state index in [1.54, 1.807) is 12.1 Å². The van der Waals surface area contributed by atoms with E-state index in [9.17, 15) is 9.50 Å². The molecule has 0 spiro atoms. The maximum atomic E-state index is 15.0. The molecule has 7 nitrogen and oxygen atoms in total. The maximum absolute atomic E-state index is 15.0. The van der Waals surface area contributed by atoms with Gasteiger partial charge in [0.25, 0.3) is 5.88 Å². The van der Waals surface area contributed by atoms with Crippen molar-refractivity contribution < 1.29 is 18.6 Å². The molecule has 0 radical (unpaired) electrons. The topological polar surface area (TPSA) is 86.0 Å². The first-order chi connectivity index (χ1) is 14.7. The van der Waals surface area contributed by atoms with Gasteiger partial charge >= 0.3 is 0 Å². The first-order valence-corrected chi connectivity index (χ1v) is 10.00. The van der Waals surface area contributed by atoms with Gasteiger partial charge in [0.15, 0.2) is 11.6 Å². The third-order valence-corrected chi connectivity index (χ3v) is 6.13. The molecule has 0 amide bonds. The standard InChI is InChI=1S/C22H21F2N5O2/c1-21-5-6-22(2,12-21)19(24)17(8-21)31-18-10-25-20(28-27-18)15-4-3-14(7-16(15)30)29-11-13(23)9-26-29/h3-7,9-11,17,19,30H,8,12H2,1-2H3/t17-,19-,21-,22-/m0/s1. The number of hydrogen-bond donors (Lipinski definition) is 1. The summed E-state index contributed by atoms with van der Waals surface area (Å²) in [6, 6.07) is 4.66. The van der Waals surface area contributed by atoms with Crippen LogP contribution in [0.2, 0.25) is 0 Å². The largest absolute Gasteiger partial charge is 0.507 e. The number of alkyl halides is 1. The molecule has 1 N–H and O–H groups in total. The van der Waals surface area contributed by atoms with Gasteiger partial charge in [-0.1, -0.05) is 26.0 Å². The highest BCUT2D eigenvalue weighted by Gasteiger charge is 2.53. The lowest BCUT2D eigenvalue weighted by atomic mass is 9.67. The SMILES string of the molecule is C[C@@]12C=C[C@@](C)(C1)[C@@H](F)[C@@H](Oc1cnc(-c3ccc(-n4cc(F)cn4)cc3O)nn1)C2. The average molecular weight is 425 g/mol. The Morgan fingerprint density at radius 3 is 2.71 bits per heavy atom. The van der Waals surface area contributed by atoms with Gasteiger partial charge in [-0.05, 0) is 30.4 Å². The van der Waals surface area contributed by atoms with Crippen LogP contribution in [0.4, 0.5) is 8.78 Å². The number of ether oxygens (including phenoxy) is 1. The molecule has 2 aliphatic carbocycles. The third kappa shape index (κ3) is 3.43. The zero-order chi connectivity index (χ0) is 21.8. The minimum absolute atomic E-state index is 0.0895. The maximum Gasteiger partial charge on any atom is 0.252 e. The van der Waals surface area contributed by atoms with Crippen molar-refractivity contribution in [2.45, 2.75) is 39.0 Å². The Kier molecular flexibility index (Phi) is 4.32. The van der Waals surface area contributed by atoms with E-state index in [0.29, 0.717) is 17.7 Å². The summed E-state index contributed by atoms with van der Waals surface area (Å²) in [6.07, 6.45) is 7.23. The molecule has 3 aromatic rings. The molecule has 2 heterocycles. The number of phenols is 1. The first-order valence-electron chi connectivity index (χ1n) is 10.00. The number of benzene rings is 1. The summed E-state index contributed by atoms with van der Waals surface area (Å²) in [7, 11) is 0. The number of fused-ring (bicyclic) bond motifs is 2. The minimum atomic E-state index is -1.15. The van der Waals surface area contributed by atoms with E-state index in [1.165, 1.54) is 23.1 Å². The summed E-state index contributed by atoms with van der Waals surface area (Å²) >= 11 is 0. The van der Waals surface area contributed by atoms with Crippen LogP contribution in [0.3, 0.4) is 0 Å². The second-order valence-corrected chi connectivity index (χ2v) is 8.86. The van der Waals surface area contributed by atoms with Crippen LogP contribution < -0.4 is 4.74 Å². The van der Waals surface area contributed by atoms with Crippen molar-refractivity contribution in [1.29, 1.82) is 0 Å². The predicted octanol–water partition coefficient (Wildman–Crippen LogP) is 4.03. The molecule has 1 saturated carbocycles. The van der Waals surface area contributed by atoms with E-state index in [1.807, 2.05) is 13.0 Å². The summed E-state index contributed by atoms with van der Waals surface area (Å²) in [5.41, 5.74) is 0.199. The van der Waals surface area contributed by atoms with Gasteiger partial charge in [-0.3, -0.25) is 0 Å². The highest BCUT2D eigenvalue weighted by atomic mass is 19.1. The molecule has 4 atom stereocenters. The van der Waals surface area contributed by atoms with E-state index in [-0.39, 0.29) is 22.9 Å². The number of aromatic nitrogens is 5. The zero-order valence-electron chi connectivity index (χ0n) is 17.0. The Bertz CT molecular complexity index is 1160. The van der Waals surface area contributed by atoms with E-state index in [4.69, 9.17) is 4.74 Å². The van der Waals surface area contributed by atoms with Crippen molar-refractivity contribution in [3.05, 3.63) is 54.8 Å². The van der Waals surface area contributed by atoms with Crippen molar-refractivity contribution in [2.24, 2.45) is 10.8 Å². The lowest BCUT2D eigenvalue weighted by Crippen LogP contribution is -2.47. The van der Waals surface area contributed by atoms with Gasteiger partial charge in [-0.15, -0.1) is 10.2 Å². The van der Waals surface area contributed by atoms with Crippen LogP contribution in [0.15, 0.2) is 48.9 Å². The van der Waals surface area contributed by atoms with Crippen molar-refractivity contribution in [2.75, 3.05) is 0 Å². The fourth-order valence-corrected chi connectivity index (χ4v) is 4.69. The molecular weight excluding hydrogens is 404 g/mol. The summed E-state index contributed by atoms with van der Waals surface area (Å²) < 4.78 is 35.3. The number of rotatable bonds is 4. The molecule has 1 fully saturated rings. The molecule has 1 aromatic carbocycles. The Morgan fingerprint density at radius 2 is 2.03 bits per heavy atom. The van der Waals surface area contributed by atoms with E-state index in [0.717, 1.165) is 12.6 Å². The van der Waals surface area contributed by atoms with Gasteiger partial charge < -0.3 is 9.84 Å². The van der Waals surface area contributed by atoms with Gasteiger partial charge in [0, 0.05) is 11.5 Å². The molecule has 31 heavy (non-hydrogen) atoms. The number of hydrogen-bond acceptors (Lipinski definition) is 6. The summed E-state index contributed by atoms with van der Waals surface area (Å²) in [6.45, 7) is 4.01. The van der Waals surface area contributed by atoms with Gasteiger partial charge in [0.1, 0.15) is 18.0 Å². The van der Waals surface area contributed by atoms with Crippen LogP contribution in [-0.2, 0) is 0 Å². The quantitative estimate of drug-likeness (QED) is 0.635. The van der Waals surface area contributed by atoms with Crippen molar-refractivity contribution in [3.63, 3.8) is 0 Å². The molecule has 0 saturated heterocycles. The molecule has 160 valence electrons. The van der Waals surface area contributed by atoms with Gasteiger partial charge in [-0.2, -0.15) is 5.10 Å². The smallest absolute Gasteiger partial charge is 0.252 e. The van der Waals surface area contributed by atoms with Crippen molar-refractivity contribution in [1.82, 2.24) is 25.0 Å². The Morgan fingerprint density at radius 1 is 1.19 bits per heavy atom. The van der Waals surface area contributed by atoms with Gasteiger partial charge in [-0.25, -0.2) is 18.4 Å². The van der Waals surface area contributed by atoms with Crippen molar-refractivity contribution >= 4 is 0 Å². The van der Waals surface area contributed by atoms with Crippen LogP contribution in [0, 0.1) is 16.6 Å². The number of allylic oxidation sites excluding steroid dienone is 2. The second kappa shape index (κ2) is 6.83. The zero-order valence-corrected chi connectivity index (χ0v) is 17.0. The molecule has 9 heteroatoms. The fraction of sp³-hybridized carbons (Fsp3) is 0.364. The van der Waals surface area contributed by atoms with E-state index >= 15 is 4.39 Å². The van der Waals surface area contributed by atoms with Crippen LogP contribution in [-0.4, -0.2) is 42.3 Å². The highest BCUT2D eigenvalue weighted by Crippen LogP contribution is 2.55. The summed E-state index contributed by atoms with van der Waals surface area (Å²) in [4.78, 5) is 4.22. The normalized spacial score (nSPS) is 29.3. The lowest BCUT2D eigenvalue weighted by Gasteiger charge is -2.42. The minimum Gasteiger partial charge on any atom is -0.507 e. The number of aromatic hydroxyl groups is 1. The molecule has 0 aliphatic heterocycles. The van der Waals surface area contributed by atoms with Crippen LogP contribution in [0.1, 0.15) is 26.7 Å². The van der Waals surface area contributed by atoms with Crippen LogP contribution >= 0.6 is 0 Å².